The SMILES string of the molecule is COC(=O)c1ccc(NCC(=O)NCC2CC2)cc1Cl. The van der Waals surface area contributed by atoms with Crippen molar-refractivity contribution in [2.45, 2.75) is 12.8 Å². The molecule has 0 spiro atoms. The minimum absolute atomic E-state index is 0.0509. The van der Waals surface area contributed by atoms with Gasteiger partial charge in [-0.2, -0.15) is 0 Å². The first-order chi connectivity index (χ1) is 9.60. The van der Waals surface area contributed by atoms with Crippen LogP contribution in [0.3, 0.4) is 0 Å². The van der Waals surface area contributed by atoms with E-state index in [1.54, 1.807) is 18.2 Å². The summed E-state index contributed by atoms with van der Waals surface area (Å²) in [6.45, 7) is 0.934. The molecule has 2 N–H and O–H groups in total. The van der Waals surface area contributed by atoms with Crippen molar-refractivity contribution in [3.05, 3.63) is 28.8 Å². The first-order valence-corrected chi connectivity index (χ1v) is 6.86. The summed E-state index contributed by atoms with van der Waals surface area (Å²) in [4.78, 5) is 22.9. The average molecular weight is 297 g/mol. The van der Waals surface area contributed by atoms with Gasteiger partial charge in [0.05, 0.1) is 24.2 Å². The molecule has 20 heavy (non-hydrogen) atoms. The Kier molecular flexibility index (Phi) is 4.84. The number of ether oxygens (including phenoxy) is 1. The second-order valence-electron chi connectivity index (χ2n) is 4.79. The lowest BCUT2D eigenvalue weighted by atomic mass is 10.2. The van der Waals surface area contributed by atoms with Gasteiger partial charge in [-0.15, -0.1) is 0 Å². The number of halogens is 1. The molecular formula is C14H17ClN2O3. The largest absolute Gasteiger partial charge is 0.465 e. The third-order valence-electron chi connectivity index (χ3n) is 3.11. The van der Waals surface area contributed by atoms with Crippen LogP contribution in [-0.2, 0) is 9.53 Å². The van der Waals surface area contributed by atoms with Gasteiger partial charge in [-0.05, 0) is 37.0 Å². The molecule has 0 bridgehead atoms. The van der Waals surface area contributed by atoms with E-state index >= 15 is 0 Å². The summed E-state index contributed by atoms with van der Waals surface area (Å²) in [7, 11) is 1.30. The van der Waals surface area contributed by atoms with Gasteiger partial charge in [-0.1, -0.05) is 11.6 Å². The van der Waals surface area contributed by atoms with Crippen molar-refractivity contribution in [3.63, 3.8) is 0 Å². The lowest BCUT2D eigenvalue weighted by Crippen LogP contribution is -2.31. The third kappa shape index (κ3) is 4.13. The average Bonchev–Trinajstić information content (AvgIpc) is 3.26. The van der Waals surface area contributed by atoms with Gasteiger partial charge in [-0.25, -0.2) is 4.79 Å². The van der Waals surface area contributed by atoms with Gasteiger partial charge in [-0.3, -0.25) is 4.79 Å². The van der Waals surface area contributed by atoms with Crippen LogP contribution in [0.4, 0.5) is 5.69 Å². The Morgan fingerprint density at radius 3 is 2.75 bits per heavy atom. The molecule has 6 heteroatoms. The topological polar surface area (TPSA) is 67.4 Å². The molecule has 5 nitrogen and oxygen atoms in total. The highest BCUT2D eigenvalue weighted by atomic mass is 35.5. The van der Waals surface area contributed by atoms with Gasteiger partial charge in [0.15, 0.2) is 0 Å². The Labute approximate surface area is 122 Å². The van der Waals surface area contributed by atoms with Crippen molar-refractivity contribution >= 4 is 29.2 Å². The van der Waals surface area contributed by atoms with Gasteiger partial charge in [0.25, 0.3) is 0 Å². The zero-order valence-corrected chi connectivity index (χ0v) is 12.0. The summed E-state index contributed by atoms with van der Waals surface area (Å²) in [5.41, 5.74) is 0.988. The summed E-state index contributed by atoms with van der Waals surface area (Å²) in [6.07, 6.45) is 2.41. The van der Waals surface area contributed by atoms with E-state index in [1.807, 2.05) is 0 Å². The molecule has 1 saturated carbocycles. The van der Waals surface area contributed by atoms with E-state index in [-0.39, 0.29) is 12.5 Å². The molecule has 1 amide bonds. The van der Waals surface area contributed by atoms with Gasteiger partial charge in [0, 0.05) is 12.2 Å². The molecule has 1 aliphatic carbocycles. The van der Waals surface area contributed by atoms with Crippen LogP contribution in [0.1, 0.15) is 23.2 Å². The maximum atomic E-state index is 11.6. The molecule has 1 aromatic carbocycles. The Balaban J connectivity index is 1.84. The summed E-state index contributed by atoms with van der Waals surface area (Å²) >= 11 is 5.99. The van der Waals surface area contributed by atoms with Crippen molar-refractivity contribution < 1.29 is 14.3 Å². The van der Waals surface area contributed by atoms with E-state index in [0.29, 0.717) is 22.2 Å². The fraction of sp³-hybridized carbons (Fsp3) is 0.429. The number of methoxy groups -OCH3 is 1. The summed E-state index contributed by atoms with van der Waals surface area (Å²) < 4.78 is 4.61. The maximum Gasteiger partial charge on any atom is 0.339 e. The number of anilines is 1. The highest BCUT2D eigenvalue weighted by Gasteiger charge is 2.21. The molecule has 1 aromatic rings. The summed E-state index contributed by atoms with van der Waals surface area (Å²) in [6, 6.07) is 4.85. The second-order valence-corrected chi connectivity index (χ2v) is 5.19. The molecule has 0 heterocycles. The number of carbonyl (C=O) groups is 2. The van der Waals surface area contributed by atoms with Gasteiger partial charge >= 0.3 is 5.97 Å². The zero-order valence-electron chi connectivity index (χ0n) is 11.2. The highest BCUT2D eigenvalue weighted by molar-refractivity contribution is 6.33. The van der Waals surface area contributed by atoms with Crippen LogP contribution in [0.25, 0.3) is 0 Å². The number of rotatable bonds is 6. The fourth-order valence-electron chi connectivity index (χ4n) is 1.73. The Morgan fingerprint density at radius 2 is 2.15 bits per heavy atom. The fourth-order valence-corrected chi connectivity index (χ4v) is 1.98. The maximum absolute atomic E-state index is 11.6. The molecule has 0 unspecified atom stereocenters. The molecular weight excluding hydrogens is 280 g/mol. The van der Waals surface area contributed by atoms with Crippen molar-refractivity contribution in [2.24, 2.45) is 5.92 Å². The lowest BCUT2D eigenvalue weighted by Gasteiger charge is -2.09. The summed E-state index contributed by atoms with van der Waals surface area (Å²) in [5.74, 6) is 0.126. The normalized spacial score (nSPS) is 13.7. The number of hydrogen-bond donors (Lipinski definition) is 2. The van der Waals surface area contributed by atoms with E-state index in [0.717, 1.165) is 6.54 Å². The van der Waals surface area contributed by atoms with Crippen molar-refractivity contribution in [1.82, 2.24) is 5.32 Å². The van der Waals surface area contributed by atoms with Crippen molar-refractivity contribution in [2.75, 3.05) is 25.5 Å². The van der Waals surface area contributed by atoms with E-state index in [2.05, 4.69) is 15.4 Å². The minimum Gasteiger partial charge on any atom is -0.465 e. The molecule has 0 aliphatic heterocycles. The zero-order chi connectivity index (χ0) is 14.5. The van der Waals surface area contributed by atoms with Crippen LogP contribution in [0.5, 0.6) is 0 Å². The standard InChI is InChI=1S/C14H17ClN2O3/c1-20-14(19)11-5-4-10(6-12(11)15)16-8-13(18)17-7-9-2-3-9/h4-6,9,16H,2-3,7-8H2,1H3,(H,17,18). The predicted octanol–water partition coefficient (Wildman–Crippen LogP) is 2.06. The predicted molar refractivity (Wildman–Crippen MR) is 77.0 cm³/mol. The quantitative estimate of drug-likeness (QED) is 0.789. The van der Waals surface area contributed by atoms with Crippen LogP contribution in [-0.4, -0.2) is 32.1 Å². The van der Waals surface area contributed by atoms with E-state index in [1.165, 1.54) is 20.0 Å². The van der Waals surface area contributed by atoms with Crippen LogP contribution >= 0.6 is 11.6 Å². The molecule has 0 aromatic heterocycles. The van der Waals surface area contributed by atoms with Gasteiger partial charge < -0.3 is 15.4 Å². The second kappa shape index (κ2) is 6.61. The van der Waals surface area contributed by atoms with E-state index < -0.39 is 5.97 Å². The molecule has 0 atom stereocenters. The molecule has 1 aliphatic rings. The third-order valence-corrected chi connectivity index (χ3v) is 3.43. The number of carbonyl (C=O) groups excluding carboxylic acids is 2. The first-order valence-electron chi connectivity index (χ1n) is 6.48. The molecule has 1 fully saturated rings. The molecule has 0 saturated heterocycles. The van der Waals surface area contributed by atoms with Crippen LogP contribution in [0.15, 0.2) is 18.2 Å². The number of nitrogens with one attached hydrogen (secondary N) is 2. The number of hydrogen-bond acceptors (Lipinski definition) is 4. The van der Waals surface area contributed by atoms with Gasteiger partial charge in [0.1, 0.15) is 0 Å². The Bertz CT molecular complexity index is 515. The smallest absolute Gasteiger partial charge is 0.339 e. The molecule has 0 radical (unpaired) electrons. The highest BCUT2D eigenvalue weighted by Crippen LogP contribution is 2.27. The van der Waals surface area contributed by atoms with Crippen LogP contribution < -0.4 is 10.6 Å². The number of benzene rings is 1. The van der Waals surface area contributed by atoms with Crippen LogP contribution in [0.2, 0.25) is 5.02 Å². The number of amides is 1. The van der Waals surface area contributed by atoms with E-state index in [4.69, 9.17) is 11.6 Å². The first kappa shape index (κ1) is 14.7. The molecule has 2 rings (SSSR count). The van der Waals surface area contributed by atoms with Crippen molar-refractivity contribution in [1.29, 1.82) is 0 Å². The van der Waals surface area contributed by atoms with E-state index in [9.17, 15) is 9.59 Å². The minimum atomic E-state index is -0.483. The van der Waals surface area contributed by atoms with Gasteiger partial charge in [0.2, 0.25) is 5.91 Å². The number of esters is 1. The monoisotopic (exact) mass is 296 g/mol. The molecule has 108 valence electrons. The lowest BCUT2D eigenvalue weighted by molar-refractivity contribution is -0.119. The summed E-state index contributed by atoms with van der Waals surface area (Å²) in [5, 5.41) is 6.12. The van der Waals surface area contributed by atoms with Crippen LogP contribution in [0, 0.1) is 5.92 Å². The Hall–Kier alpha value is -1.75. The Morgan fingerprint density at radius 1 is 1.40 bits per heavy atom. The van der Waals surface area contributed by atoms with Crippen molar-refractivity contribution in [3.8, 4) is 0 Å².